The van der Waals surface area contributed by atoms with Crippen LogP contribution in [0.2, 0.25) is 0 Å². The molecular weight excluding hydrogens is 444 g/mol. The Kier molecular flexibility index (Phi) is 7.45. The molecule has 1 atom stereocenters. The monoisotopic (exact) mass is 472 g/mol. The number of carbonyl (C=O) groups is 2. The van der Waals surface area contributed by atoms with Crippen LogP contribution in [0.25, 0.3) is 5.76 Å². The number of carbonyl (C=O) groups excluding carboxylic acids is 2. The number of ether oxygens (including phenoxy) is 2. The van der Waals surface area contributed by atoms with Crippen molar-refractivity contribution in [3.8, 4) is 11.5 Å². The van der Waals surface area contributed by atoms with E-state index < -0.39 is 17.7 Å². The van der Waals surface area contributed by atoms with E-state index in [-0.39, 0.29) is 17.9 Å². The van der Waals surface area contributed by atoms with E-state index in [0.29, 0.717) is 29.2 Å². The second-order valence-corrected chi connectivity index (χ2v) is 8.29. The van der Waals surface area contributed by atoms with E-state index in [1.54, 1.807) is 80.2 Å². The molecule has 180 valence electrons. The largest absolute Gasteiger partial charge is 0.507 e. The van der Waals surface area contributed by atoms with Crippen LogP contribution in [0.15, 0.2) is 78.6 Å². The molecule has 1 aromatic heterocycles. The molecule has 1 aliphatic heterocycles. The smallest absolute Gasteiger partial charge is 0.295 e. The maximum Gasteiger partial charge on any atom is 0.295 e. The molecule has 1 fully saturated rings. The van der Waals surface area contributed by atoms with E-state index in [1.165, 1.54) is 4.90 Å². The number of rotatable bonds is 9. The Morgan fingerprint density at radius 3 is 2.46 bits per heavy atom. The number of aromatic nitrogens is 1. The number of hydrogen-bond acceptors (Lipinski definition) is 6. The van der Waals surface area contributed by atoms with Crippen LogP contribution < -0.4 is 9.47 Å². The second-order valence-electron chi connectivity index (χ2n) is 8.29. The Morgan fingerprint density at radius 2 is 1.77 bits per heavy atom. The van der Waals surface area contributed by atoms with Gasteiger partial charge >= 0.3 is 0 Å². The van der Waals surface area contributed by atoms with Crippen molar-refractivity contribution >= 4 is 17.4 Å². The number of Topliss-reactive ketones (excluding diaryl/α,β-unsaturated/α-hetero) is 1. The van der Waals surface area contributed by atoms with Crippen molar-refractivity contribution in [1.29, 1.82) is 0 Å². The van der Waals surface area contributed by atoms with Gasteiger partial charge in [0.25, 0.3) is 11.7 Å². The van der Waals surface area contributed by atoms with Crippen LogP contribution in [0.3, 0.4) is 0 Å². The number of aliphatic hydroxyl groups is 1. The molecule has 0 aliphatic carbocycles. The van der Waals surface area contributed by atoms with Crippen LogP contribution in [-0.4, -0.2) is 40.4 Å². The average Bonchev–Trinajstić information content (AvgIpc) is 3.14. The molecule has 4 rings (SSSR count). The number of unbranched alkanes of at least 4 members (excludes halogenated alkanes) is 1. The molecule has 1 N–H and O–H groups in total. The third-order valence-corrected chi connectivity index (χ3v) is 5.95. The SMILES string of the molecule is CCCCOc1cccc(/C(O)=C2\C(=O)C(=O)N(Cc3ccncc3)C2c2ccc(OC)cc2)c1. The first-order valence-electron chi connectivity index (χ1n) is 11.6. The number of nitrogens with zero attached hydrogens (tertiary/aromatic N) is 2. The van der Waals surface area contributed by atoms with Gasteiger partial charge in [-0.05, 0) is 53.9 Å². The van der Waals surface area contributed by atoms with Gasteiger partial charge in [-0.15, -0.1) is 0 Å². The maximum atomic E-state index is 13.2. The highest BCUT2D eigenvalue weighted by molar-refractivity contribution is 6.46. The second kappa shape index (κ2) is 10.9. The van der Waals surface area contributed by atoms with E-state index in [0.717, 1.165) is 18.4 Å². The molecule has 1 amide bonds. The summed E-state index contributed by atoms with van der Waals surface area (Å²) in [7, 11) is 1.57. The van der Waals surface area contributed by atoms with Gasteiger partial charge in [-0.3, -0.25) is 14.6 Å². The van der Waals surface area contributed by atoms with Gasteiger partial charge in [-0.1, -0.05) is 37.6 Å². The number of hydrogen-bond donors (Lipinski definition) is 1. The maximum absolute atomic E-state index is 13.2. The first-order valence-corrected chi connectivity index (χ1v) is 11.6. The van der Waals surface area contributed by atoms with E-state index in [2.05, 4.69) is 11.9 Å². The van der Waals surface area contributed by atoms with Crippen molar-refractivity contribution in [3.63, 3.8) is 0 Å². The number of amides is 1. The molecule has 0 radical (unpaired) electrons. The van der Waals surface area contributed by atoms with Gasteiger partial charge in [-0.2, -0.15) is 0 Å². The van der Waals surface area contributed by atoms with Gasteiger partial charge in [0.15, 0.2) is 0 Å². The lowest BCUT2D eigenvalue weighted by Crippen LogP contribution is -2.29. The topological polar surface area (TPSA) is 89.0 Å². The van der Waals surface area contributed by atoms with Gasteiger partial charge in [-0.25, -0.2) is 0 Å². The predicted molar refractivity (Wildman–Crippen MR) is 132 cm³/mol. The average molecular weight is 473 g/mol. The number of methoxy groups -OCH3 is 1. The van der Waals surface area contributed by atoms with Crippen molar-refractivity contribution in [2.45, 2.75) is 32.4 Å². The summed E-state index contributed by atoms with van der Waals surface area (Å²) in [6.07, 6.45) is 5.19. The Bertz CT molecular complexity index is 1220. The van der Waals surface area contributed by atoms with Crippen LogP contribution in [0.1, 0.15) is 42.5 Å². The number of aliphatic hydroxyl groups excluding tert-OH is 1. The predicted octanol–water partition coefficient (Wildman–Crippen LogP) is 4.89. The first kappa shape index (κ1) is 24.0. The lowest BCUT2D eigenvalue weighted by molar-refractivity contribution is -0.140. The van der Waals surface area contributed by atoms with Crippen molar-refractivity contribution in [2.75, 3.05) is 13.7 Å². The van der Waals surface area contributed by atoms with Gasteiger partial charge in [0.2, 0.25) is 0 Å². The number of pyridine rings is 1. The highest BCUT2D eigenvalue weighted by atomic mass is 16.5. The van der Waals surface area contributed by atoms with Crippen LogP contribution in [0.4, 0.5) is 0 Å². The lowest BCUT2D eigenvalue weighted by atomic mass is 9.95. The van der Waals surface area contributed by atoms with Crippen LogP contribution >= 0.6 is 0 Å². The first-order chi connectivity index (χ1) is 17.0. The molecule has 0 saturated carbocycles. The highest BCUT2D eigenvalue weighted by Crippen LogP contribution is 2.41. The molecule has 0 bridgehead atoms. The van der Waals surface area contributed by atoms with E-state index in [4.69, 9.17) is 9.47 Å². The van der Waals surface area contributed by atoms with Crippen LogP contribution in [0.5, 0.6) is 11.5 Å². The minimum Gasteiger partial charge on any atom is -0.507 e. The minimum atomic E-state index is -0.765. The molecule has 1 saturated heterocycles. The van der Waals surface area contributed by atoms with Crippen LogP contribution in [0, 0.1) is 0 Å². The molecule has 7 nitrogen and oxygen atoms in total. The fourth-order valence-corrected chi connectivity index (χ4v) is 4.08. The fraction of sp³-hybridized carbons (Fsp3) is 0.250. The fourth-order valence-electron chi connectivity index (χ4n) is 4.08. The molecule has 2 heterocycles. The summed E-state index contributed by atoms with van der Waals surface area (Å²) in [5, 5.41) is 11.3. The van der Waals surface area contributed by atoms with E-state index >= 15 is 0 Å². The van der Waals surface area contributed by atoms with Crippen molar-refractivity contribution in [1.82, 2.24) is 9.88 Å². The molecule has 3 aromatic rings. The Balaban J connectivity index is 1.78. The molecular formula is C28H28N2O5. The summed E-state index contributed by atoms with van der Waals surface area (Å²) in [4.78, 5) is 31.9. The lowest BCUT2D eigenvalue weighted by Gasteiger charge is -2.25. The standard InChI is InChI=1S/C28H28N2O5/c1-3-4-16-35-23-7-5-6-21(17-23)26(31)24-25(20-8-10-22(34-2)11-9-20)30(28(33)27(24)32)18-19-12-14-29-15-13-19/h5-15,17,25,31H,3-4,16,18H2,1-2H3/b26-24+. The summed E-state index contributed by atoms with van der Waals surface area (Å²) < 4.78 is 11.0. The zero-order valence-electron chi connectivity index (χ0n) is 19.8. The van der Waals surface area contributed by atoms with Crippen molar-refractivity contribution < 1.29 is 24.2 Å². The van der Waals surface area contributed by atoms with Crippen molar-refractivity contribution in [3.05, 3.63) is 95.3 Å². The summed E-state index contributed by atoms with van der Waals surface area (Å²) in [6.45, 7) is 2.83. The Hall–Kier alpha value is -4.13. The third kappa shape index (κ3) is 5.19. The zero-order valence-corrected chi connectivity index (χ0v) is 19.8. The minimum absolute atomic E-state index is 0.0416. The van der Waals surface area contributed by atoms with Gasteiger partial charge in [0.1, 0.15) is 17.3 Å². The summed E-state index contributed by atoms with van der Waals surface area (Å²) >= 11 is 0. The molecule has 1 unspecified atom stereocenters. The van der Waals surface area contributed by atoms with Gasteiger partial charge < -0.3 is 19.5 Å². The van der Waals surface area contributed by atoms with E-state index in [1.807, 2.05) is 0 Å². The summed E-state index contributed by atoms with van der Waals surface area (Å²) in [5.41, 5.74) is 1.97. The van der Waals surface area contributed by atoms with Gasteiger partial charge in [0.05, 0.1) is 25.3 Å². The normalized spacial score (nSPS) is 17.0. The third-order valence-electron chi connectivity index (χ3n) is 5.95. The molecule has 7 heteroatoms. The Labute approximate surface area is 204 Å². The number of ketones is 1. The van der Waals surface area contributed by atoms with Gasteiger partial charge in [0, 0.05) is 24.5 Å². The zero-order chi connectivity index (χ0) is 24.8. The number of benzene rings is 2. The van der Waals surface area contributed by atoms with E-state index in [9.17, 15) is 14.7 Å². The quantitative estimate of drug-likeness (QED) is 0.206. The van der Waals surface area contributed by atoms with Crippen LogP contribution in [-0.2, 0) is 16.1 Å². The highest BCUT2D eigenvalue weighted by Gasteiger charge is 2.46. The molecule has 35 heavy (non-hydrogen) atoms. The molecule has 2 aromatic carbocycles. The number of likely N-dealkylation sites (tertiary alicyclic amines) is 1. The van der Waals surface area contributed by atoms with Crippen molar-refractivity contribution in [2.24, 2.45) is 0 Å². The Morgan fingerprint density at radius 1 is 1.03 bits per heavy atom. The molecule has 1 aliphatic rings. The molecule has 0 spiro atoms. The summed E-state index contributed by atoms with van der Waals surface area (Å²) in [5.74, 6) is -0.386. The summed E-state index contributed by atoms with van der Waals surface area (Å²) in [6, 6.07) is 16.9.